The van der Waals surface area contributed by atoms with Crippen molar-refractivity contribution < 1.29 is 9.30 Å². The first-order valence-electron chi connectivity index (χ1n) is 24.2. The van der Waals surface area contributed by atoms with Gasteiger partial charge < -0.3 is 4.74 Å². The van der Waals surface area contributed by atoms with Crippen LogP contribution in [0, 0.1) is 6.33 Å². The fourth-order valence-electron chi connectivity index (χ4n) is 9.86. The van der Waals surface area contributed by atoms with Crippen molar-refractivity contribution in [1.29, 1.82) is 0 Å². The summed E-state index contributed by atoms with van der Waals surface area (Å²) >= 11 is 0. The summed E-state index contributed by atoms with van der Waals surface area (Å²) in [6.45, 7) is 22.8. The highest BCUT2D eigenvalue weighted by Crippen LogP contribution is 2.45. The summed E-state index contributed by atoms with van der Waals surface area (Å²) in [7, 11) is 0. The van der Waals surface area contributed by atoms with Crippen LogP contribution in [0.1, 0.15) is 103 Å². The van der Waals surface area contributed by atoms with Gasteiger partial charge in [0.05, 0.1) is 28.1 Å². The van der Waals surface area contributed by atoms with Crippen LogP contribution in [0.4, 0.5) is 0 Å². The van der Waals surface area contributed by atoms with Crippen molar-refractivity contribution in [3.8, 4) is 39.8 Å². The predicted octanol–water partition coefficient (Wildman–Crippen LogP) is 15.8. The molecule has 0 aliphatic carbocycles. The topological polar surface area (TPSA) is 35.9 Å². The van der Waals surface area contributed by atoms with E-state index in [0.29, 0.717) is 0 Å². The molecule has 0 unspecified atom stereocenters. The maximum Gasteiger partial charge on any atom is 0.269 e. The maximum absolute atomic E-state index is 7.29. The normalized spacial score (nSPS) is 12.5. The first kappa shape index (κ1) is 45.3. The number of pyridine rings is 1. The van der Waals surface area contributed by atoms with Crippen LogP contribution in [0.2, 0.25) is 0 Å². The van der Waals surface area contributed by atoms with E-state index in [1.807, 2.05) is 6.20 Å². The third-order valence-electron chi connectivity index (χ3n) is 14.1. The number of benzene rings is 7. The Labute approximate surface area is 408 Å². The van der Waals surface area contributed by atoms with Gasteiger partial charge in [0.1, 0.15) is 17.3 Å². The Morgan fingerprint density at radius 2 is 1.09 bits per heavy atom. The summed E-state index contributed by atoms with van der Waals surface area (Å²) in [5.41, 5.74) is 12.6. The van der Waals surface area contributed by atoms with Crippen molar-refractivity contribution in [3.05, 3.63) is 234 Å². The van der Waals surface area contributed by atoms with Gasteiger partial charge in [-0.25, -0.2) is 4.98 Å². The molecular formula is C64H62N4O. The molecule has 7 aromatic carbocycles. The second-order valence-electron chi connectivity index (χ2n) is 21.7. The molecule has 69 heavy (non-hydrogen) atoms. The fraction of sp³-hybridized carbons (Fsp3) is 0.219. The largest absolute Gasteiger partial charge is 0.458 e. The highest BCUT2D eigenvalue weighted by Gasteiger charge is 2.31. The van der Waals surface area contributed by atoms with Crippen molar-refractivity contribution in [2.24, 2.45) is 0 Å². The Bertz CT molecular complexity index is 3470. The number of rotatable bonds is 10. The molecule has 0 fully saturated rings. The standard InChI is InChI=1S/C64H62N4O/c1-61(2,3)48-29-22-30-50(37-48)67-43-66(42-58(67)64(9,10)47-27-18-13-19-28-47)51-35-45(44-23-14-11-15-24-44)36-52(39-51)69-53-40-55(63(7,8)46-25-16-12-17-26-46)60-54-31-20-21-32-56(54)68(57(60)41-53)59-38-49(33-34-65-59)62(4,5)6/h11-42H,1-10H3. The van der Waals surface area contributed by atoms with Gasteiger partial charge in [0.25, 0.3) is 6.33 Å². The molecule has 10 aromatic rings. The highest BCUT2D eigenvalue weighted by molar-refractivity contribution is 6.11. The van der Waals surface area contributed by atoms with Gasteiger partial charge in [-0.2, -0.15) is 0 Å². The summed E-state index contributed by atoms with van der Waals surface area (Å²) in [6, 6.07) is 65.1. The molecule has 3 heterocycles. The maximum atomic E-state index is 7.29. The van der Waals surface area contributed by atoms with Gasteiger partial charge in [0.2, 0.25) is 0 Å². The highest BCUT2D eigenvalue weighted by atomic mass is 16.5. The average molecular weight is 903 g/mol. The SMILES string of the molecule is CC(C)(C)c1cccc(-[n+]2[c-]n(-c3cc(Oc4cc(C(C)(C)c5ccccc5)c5c6ccccc6n(-c6cc(C(C)(C)C)ccn6)c5c4)cc(-c4ccccc4)c3)cc2C(C)(C)c2ccccc2)c1. The molecule has 3 aromatic heterocycles. The van der Waals surface area contributed by atoms with Gasteiger partial charge in [0, 0.05) is 40.1 Å². The Morgan fingerprint density at radius 3 is 1.77 bits per heavy atom. The summed E-state index contributed by atoms with van der Waals surface area (Å²) in [6.07, 6.45) is 8.02. The van der Waals surface area contributed by atoms with Crippen molar-refractivity contribution in [2.45, 2.75) is 90.9 Å². The van der Waals surface area contributed by atoms with Crippen LogP contribution in [-0.4, -0.2) is 14.1 Å². The lowest BCUT2D eigenvalue weighted by Crippen LogP contribution is -2.40. The van der Waals surface area contributed by atoms with Crippen LogP contribution in [-0.2, 0) is 21.7 Å². The minimum absolute atomic E-state index is 0.0228. The van der Waals surface area contributed by atoms with Gasteiger partial charge in [-0.05, 0) is 104 Å². The smallest absolute Gasteiger partial charge is 0.269 e. The van der Waals surface area contributed by atoms with Gasteiger partial charge in [0.15, 0.2) is 0 Å². The third kappa shape index (κ3) is 8.56. The number of nitrogens with zero attached hydrogens (tertiary/aromatic N) is 4. The molecular weight excluding hydrogens is 841 g/mol. The molecule has 0 saturated heterocycles. The Balaban J connectivity index is 1.20. The second kappa shape index (κ2) is 17.2. The molecule has 0 N–H and O–H groups in total. The second-order valence-corrected chi connectivity index (χ2v) is 21.7. The molecule has 0 aliphatic heterocycles. The van der Waals surface area contributed by atoms with Crippen LogP contribution in [0.15, 0.2) is 194 Å². The van der Waals surface area contributed by atoms with Gasteiger partial charge in [-0.3, -0.25) is 13.7 Å². The molecule has 5 nitrogen and oxygen atoms in total. The lowest BCUT2D eigenvalue weighted by Gasteiger charge is -2.28. The van der Waals surface area contributed by atoms with E-state index >= 15 is 0 Å². The summed E-state index contributed by atoms with van der Waals surface area (Å²) in [5, 5.41) is 2.36. The van der Waals surface area contributed by atoms with Crippen LogP contribution in [0.3, 0.4) is 0 Å². The Kier molecular flexibility index (Phi) is 11.3. The first-order chi connectivity index (χ1) is 33.0. The Hall–Kier alpha value is -7.50. The average Bonchev–Trinajstić information content (AvgIpc) is 3.95. The van der Waals surface area contributed by atoms with Crippen molar-refractivity contribution in [3.63, 3.8) is 0 Å². The third-order valence-corrected chi connectivity index (χ3v) is 14.1. The number of fused-ring (bicyclic) bond motifs is 3. The van der Waals surface area contributed by atoms with Gasteiger partial charge in [-0.15, -0.1) is 0 Å². The molecule has 0 spiro atoms. The molecule has 0 bridgehead atoms. The first-order valence-corrected chi connectivity index (χ1v) is 24.2. The minimum Gasteiger partial charge on any atom is -0.458 e. The van der Waals surface area contributed by atoms with Crippen molar-refractivity contribution in [1.82, 2.24) is 14.1 Å². The van der Waals surface area contributed by atoms with E-state index in [0.717, 1.165) is 56.5 Å². The van der Waals surface area contributed by atoms with E-state index in [1.54, 1.807) is 0 Å². The number of para-hydroxylation sites is 1. The fourth-order valence-corrected chi connectivity index (χ4v) is 9.86. The van der Waals surface area contributed by atoms with Crippen LogP contribution in [0.25, 0.3) is 50.1 Å². The van der Waals surface area contributed by atoms with Crippen LogP contribution in [0.5, 0.6) is 11.5 Å². The molecule has 0 atom stereocenters. The molecule has 0 aliphatic rings. The summed E-state index contributed by atoms with van der Waals surface area (Å²) in [4.78, 5) is 5.05. The zero-order valence-corrected chi connectivity index (χ0v) is 41.7. The van der Waals surface area contributed by atoms with E-state index in [4.69, 9.17) is 9.72 Å². The van der Waals surface area contributed by atoms with E-state index in [-0.39, 0.29) is 16.2 Å². The zero-order chi connectivity index (χ0) is 48.3. The van der Waals surface area contributed by atoms with Crippen LogP contribution >= 0.6 is 0 Å². The lowest BCUT2D eigenvalue weighted by molar-refractivity contribution is -0.611. The number of ether oxygens (including phenoxy) is 1. The van der Waals surface area contributed by atoms with Crippen molar-refractivity contribution >= 4 is 21.8 Å². The van der Waals surface area contributed by atoms with E-state index in [2.05, 4.69) is 277 Å². The summed E-state index contributed by atoms with van der Waals surface area (Å²) in [5.74, 6) is 2.34. The predicted molar refractivity (Wildman–Crippen MR) is 285 cm³/mol. The molecule has 10 rings (SSSR count). The quantitative estimate of drug-likeness (QED) is 0.101. The monoisotopic (exact) mass is 902 g/mol. The van der Waals surface area contributed by atoms with Crippen molar-refractivity contribution in [2.75, 3.05) is 0 Å². The Morgan fingerprint density at radius 1 is 0.493 bits per heavy atom. The number of hydrogen-bond donors (Lipinski definition) is 0. The molecule has 344 valence electrons. The van der Waals surface area contributed by atoms with Gasteiger partial charge >= 0.3 is 0 Å². The number of imidazole rings is 1. The lowest BCUT2D eigenvalue weighted by atomic mass is 9.76. The molecule has 0 radical (unpaired) electrons. The summed E-state index contributed by atoms with van der Waals surface area (Å²) < 4.78 is 14.0. The molecule has 5 heteroatoms. The van der Waals surface area contributed by atoms with Gasteiger partial charge in [-0.1, -0.05) is 191 Å². The number of hydrogen-bond acceptors (Lipinski definition) is 2. The van der Waals surface area contributed by atoms with E-state index in [1.165, 1.54) is 38.6 Å². The van der Waals surface area contributed by atoms with E-state index in [9.17, 15) is 0 Å². The van der Waals surface area contributed by atoms with E-state index < -0.39 is 5.41 Å². The number of aromatic nitrogens is 4. The molecule has 0 saturated carbocycles. The zero-order valence-electron chi connectivity index (χ0n) is 41.7. The minimum atomic E-state index is -0.397. The molecule has 0 amide bonds. The van der Waals surface area contributed by atoms with Crippen LogP contribution < -0.4 is 9.30 Å².